The Labute approximate surface area is 265 Å². The molecule has 1 aromatic carbocycles. The van der Waals surface area contributed by atoms with Crippen LogP contribution in [0.15, 0.2) is 30.5 Å². The number of hydrogen-bond donors (Lipinski definition) is 3. The first-order valence-electron chi connectivity index (χ1n) is 16.3. The van der Waals surface area contributed by atoms with Gasteiger partial charge in [-0.1, -0.05) is 45.6 Å². The van der Waals surface area contributed by atoms with Gasteiger partial charge < -0.3 is 25.8 Å². The molecule has 12 heteroatoms. The van der Waals surface area contributed by atoms with Crippen molar-refractivity contribution in [2.75, 3.05) is 38.5 Å². The molecule has 1 aromatic heterocycles. The zero-order chi connectivity index (χ0) is 32.5. The number of rotatable bonds is 11. The van der Waals surface area contributed by atoms with Crippen molar-refractivity contribution < 1.29 is 23.6 Å². The van der Waals surface area contributed by atoms with E-state index in [-0.39, 0.29) is 29.8 Å². The Kier molecular flexibility index (Phi) is 12.1. The molecular weight excluding hydrogens is 577 g/mol. The molecule has 2 unspecified atom stereocenters. The van der Waals surface area contributed by atoms with Crippen LogP contribution in [0.25, 0.3) is 0 Å². The average molecular weight is 626 g/mol. The summed E-state index contributed by atoms with van der Waals surface area (Å²) < 4.78 is 17.2. The van der Waals surface area contributed by atoms with E-state index in [1.807, 2.05) is 14.0 Å². The molecule has 1 saturated carbocycles. The Morgan fingerprint density at radius 3 is 2.29 bits per heavy atom. The summed E-state index contributed by atoms with van der Waals surface area (Å²) >= 11 is 0. The van der Waals surface area contributed by atoms with Crippen molar-refractivity contribution in [1.29, 1.82) is 0 Å². The molecule has 3 atom stereocenters. The lowest BCUT2D eigenvalue weighted by molar-refractivity contribution is -0.138. The summed E-state index contributed by atoms with van der Waals surface area (Å²) in [5.74, 6) is -2.58. The summed E-state index contributed by atoms with van der Waals surface area (Å²) in [5, 5.41) is 12.7. The molecular formula is C33H48FN7O4. The minimum atomic E-state index is -0.855. The number of anilines is 1. The number of nitrogens with zero attached hydrogens (tertiary/aromatic N) is 4. The molecule has 3 N–H and O–H groups in total. The molecule has 4 rings (SSSR count). The summed E-state index contributed by atoms with van der Waals surface area (Å²) in [6, 6.07) is 4.38. The molecule has 0 spiro atoms. The Balaban J connectivity index is 1.52. The first-order chi connectivity index (χ1) is 21.6. The topological polar surface area (TPSA) is 129 Å². The maximum absolute atomic E-state index is 15.6. The molecule has 11 nitrogen and oxygen atoms in total. The first-order valence-corrected chi connectivity index (χ1v) is 16.3. The van der Waals surface area contributed by atoms with E-state index in [0.717, 1.165) is 51.6 Å². The maximum atomic E-state index is 15.6. The number of halogens is 1. The van der Waals surface area contributed by atoms with Gasteiger partial charge in [-0.25, -0.2) is 4.39 Å². The summed E-state index contributed by atoms with van der Waals surface area (Å²) in [6.45, 7) is 8.49. The largest absolute Gasteiger partial charge is 0.344 e. The van der Waals surface area contributed by atoms with Crippen molar-refractivity contribution in [3.63, 3.8) is 0 Å². The van der Waals surface area contributed by atoms with E-state index in [1.165, 1.54) is 12.1 Å². The second kappa shape index (κ2) is 16.0. The van der Waals surface area contributed by atoms with Crippen LogP contribution in [-0.4, -0.2) is 88.5 Å². The van der Waals surface area contributed by atoms with Crippen LogP contribution in [-0.2, 0) is 20.9 Å². The van der Waals surface area contributed by atoms with E-state index in [2.05, 4.69) is 25.9 Å². The van der Waals surface area contributed by atoms with Gasteiger partial charge in [0.1, 0.15) is 23.6 Å². The second-order valence-electron chi connectivity index (χ2n) is 12.3. The average Bonchev–Trinajstić information content (AvgIpc) is 3.37. The zero-order valence-electron chi connectivity index (χ0n) is 27.0. The number of aryl methyl sites for hydroxylation is 1. The van der Waals surface area contributed by atoms with Crippen LogP contribution in [0.4, 0.5) is 10.1 Å². The molecule has 2 aromatic rings. The van der Waals surface area contributed by atoms with Crippen molar-refractivity contribution in [2.45, 2.75) is 90.3 Å². The number of carbonyl (C=O) groups excluding carboxylic acids is 4. The van der Waals surface area contributed by atoms with Gasteiger partial charge in [-0.15, -0.1) is 0 Å². The van der Waals surface area contributed by atoms with Crippen LogP contribution in [0.1, 0.15) is 87.7 Å². The van der Waals surface area contributed by atoms with Crippen LogP contribution in [0, 0.1) is 11.7 Å². The van der Waals surface area contributed by atoms with Crippen LogP contribution in [0.5, 0.6) is 0 Å². The Hall–Kier alpha value is -3.80. The molecule has 2 heterocycles. The minimum Gasteiger partial charge on any atom is -0.344 e. The lowest BCUT2D eigenvalue weighted by atomic mass is 9.90. The van der Waals surface area contributed by atoms with E-state index in [4.69, 9.17) is 0 Å². The predicted octanol–water partition coefficient (Wildman–Crippen LogP) is 3.52. The summed E-state index contributed by atoms with van der Waals surface area (Å²) in [5.41, 5.74) is 0.877. The molecule has 1 aliphatic carbocycles. The van der Waals surface area contributed by atoms with Crippen LogP contribution in [0.3, 0.4) is 0 Å². The molecule has 1 saturated heterocycles. The summed E-state index contributed by atoms with van der Waals surface area (Å²) in [6.07, 6.45) is 7.42. The third kappa shape index (κ3) is 8.68. The van der Waals surface area contributed by atoms with Crippen molar-refractivity contribution in [1.82, 2.24) is 30.2 Å². The van der Waals surface area contributed by atoms with Gasteiger partial charge in [0.2, 0.25) is 17.7 Å². The summed E-state index contributed by atoms with van der Waals surface area (Å²) in [4.78, 5) is 56.7. The third-order valence-electron chi connectivity index (χ3n) is 9.18. The number of aromatic nitrogens is 2. The molecule has 1 aliphatic heterocycles. The van der Waals surface area contributed by atoms with Gasteiger partial charge in [-0.05, 0) is 56.5 Å². The number of hydrogen-bond acceptors (Lipinski definition) is 6. The second-order valence-corrected chi connectivity index (χ2v) is 12.3. The Morgan fingerprint density at radius 1 is 0.978 bits per heavy atom. The highest BCUT2D eigenvalue weighted by atomic mass is 19.1. The highest BCUT2D eigenvalue weighted by molar-refractivity contribution is 6.00. The fourth-order valence-electron chi connectivity index (χ4n) is 6.25. The van der Waals surface area contributed by atoms with E-state index in [9.17, 15) is 19.2 Å². The van der Waals surface area contributed by atoms with Gasteiger partial charge in [0.15, 0.2) is 0 Å². The SMILES string of the molecule is CCC(=O)N[C@@H](C(=O)N1CCN(C)CC1)C(C)c1ccc(NC(=O)C(NC(=O)c2ccnn2CC)C2CCCCCC2)c(F)c1. The minimum absolute atomic E-state index is 0.0121. The van der Waals surface area contributed by atoms with Crippen LogP contribution >= 0.6 is 0 Å². The van der Waals surface area contributed by atoms with E-state index in [1.54, 1.807) is 41.8 Å². The van der Waals surface area contributed by atoms with Crippen molar-refractivity contribution in [3.8, 4) is 0 Å². The van der Waals surface area contributed by atoms with Gasteiger partial charge in [0.25, 0.3) is 5.91 Å². The van der Waals surface area contributed by atoms with Crippen molar-refractivity contribution in [2.24, 2.45) is 5.92 Å². The normalized spacial score (nSPS) is 18.4. The quantitative estimate of drug-likeness (QED) is 0.328. The van der Waals surface area contributed by atoms with Crippen molar-refractivity contribution in [3.05, 3.63) is 47.5 Å². The first kappa shape index (κ1) is 34.1. The fraction of sp³-hybridized carbons (Fsp3) is 0.606. The molecule has 45 heavy (non-hydrogen) atoms. The molecule has 2 fully saturated rings. The predicted molar refractivity (Wildman–Crippen MR) is 170 cm³/mol. The Morgan fingerprint density at radius 2 is 1.67 bits per heavy atom. The van der Waals surface area contributed by atoms with Crippen LogP contribution in [0.2, 0.25) is 0 Å². The van der Waals surface area contributed by atoms with Gasteiger partial charge in [0, 0.05) is 51.3 Å². The fourth-order valence-corrected chi connectivity index (χ4v) is 6.25. The molecule has 0 bridgehead atoms. The molecule has 0 radical (unpaired) electrons. The van der Waals surface area contributed by atoms with E-state index < -0.39 is 35.6 Å². The lowest BCUT2D eigenvalue weighted by Gasteiger charge is -2.36. The number of piperazine rings is 1. The van der Waals surface area contributed by atoms with Gasteiger partial charge in [-0.2, -0.15) is 5.10 Å². The summed E-state index contributed by atoms with van der Waals surface area (Å²) in [7, 11) is 2.00. The lowest BCUT2D eigenvalue weighted by Crippen LogP contribution is -2.55. The highest BCUT2D eigenvalue weighted by Crippen LogP contribution is 2.29. The molecule has 246 valence electrons. The number of likely N-dealkylation sites (N-methyl/N-ethyl adjacent to an activating group) is 1. The number of benzene rings is 1. The van der Waals surface area contributed by atoms with Gasteiger partial charge in [0.05, 0.1) is 5.69 Å². The van der Waals surface area contributed by atoms with Gasteiger partial charge in [-0.3, -0.25) is 23.9 Å². The Bertz CT molecular complexity index is 1330. The zero-order valence-corrected chi connectivity index (χ0v) is 27.0. The number of amides is 4. The van der Waals surface area contributed by atoms with E-state index >= 15 is 4.39 Å². The standard InChI is InChI=1S/C33H48FN7O4/c1-5-28(42)37-29(33(45)40-19-17-39(4)18-20-40)22(3)24-13-14-26(25(34)21-24)36-32(44)30(23-11-9-7-8-10-12-23)38-31(43)27-15-16-35-41(27)6-2/h13-16,21-23,29-30H,5-12,17-20H2,1-4H3,(H,36,44)(H,37,42)(H,38,43)/t22?,29-,30?/m1/s1. The third-order valence-corrected chi connectivity index (χ3v) is 9.18. The smallest absolute Gasteiger partial charge is 0.270 e. The van der Waals surface area contributed by atoms with Crippen LogP contribution < -0.4 is 16.0 Å². The molecule has 2 aliphatic rings. The van der Waals surface area contributed by atoms with Crippen molar-refractivity contribution >= 4 is 29.3 Å². The van der Waals surface area contributed by atoms with E-state index in [0.29, 0.717) is 30.9 Å². The number of nitrogens with one attached hydrogen (secondary N) is 3. The highest BCUT2D eigenvalue weighted by Gasteiger charge is 2.34. The number of carbonyl (C=O) groups is 4. The monoisotopic (exact) mass is 625 g/mol. The molecule has 4 amide bonds. The maximum Gasteiger partial charge on any atom is 0.270 e. The van der Waals surface area contributed by atoms with Gasteiger partial charge >= 0.3 is 0 Å².